The Hall–Kier alpha value is -1.66. The van der Waals surface area contributed by atoms with E-state index in [1.807, 2.05) is 25.1 Å². The van der Waals surface area contributed by atoms with Crippen LogP contribution in [0.4, 0.5) is 4.79 Å². The van der Waals surface area contributed by atoms with Crippen LogP contribution in [-0.2, 0) is 0 Å². The number of rotatable bonds is 2. The summed E-state index contributed by atoms with van der Waals surface area (Å²) in [7, 11) is 0. The van der Waals surface area contributed by atoms with E-state index < -0.39 is 0 Å². The summed E-state index contributed by atoms with van der Waals surface area (Å²) in [5.74, 6) is 5.71. The number of amides is 2. The molecule has 0 fully saturated rings. The molecular formula is C12H13ClN2O. The molecule has 4 heteroatoms. The number of urea groups is 1. The highest BCUT2D eigenvalue weighted by Crippen LogP contribution is 2.12. The molecule has 1 aromatic rings. The van der Waals surface area contributed by atoms with Crippen molar-refractivity contribution < 1.29 is 4.79 Å². The van der Waals surface area contributed by atoms with Crippen LogP contribution in [0.5, 0.6) is 0 Å². The maximum Gasteiger partial charge on any atom is 0.315 e. The Morgan fingerprint density at radius 2 is 2.12 bits per heavy atom. The van der Waals surface area contributed by atoms with E-state index in [0.717, 1.165) is 5.56 Å². The highest BCUT2D eigenvalue weighted by Gasteiger charge is 1.94. The van der Waals surface area contributed by atoms with Crippen molar-refractivity contribution in [2.45, 2.75) is 6.92 Å². The first-order valence-electron chi connectivity index (χ1n) is 4.99. The van der Waals surface area contributed by atoms with Gasteiger partial charge in [0.25, 0.3) is 0 Å². The van der Waals surface area contributed by atoms with Crippen LogP contribution in [0.1, 0.15) is 12.5 Å². The molecule has 3 nitrogen and oxygen atoms in total. The minimum atomic E-state index is -0.212. The van der Waals surface area contributed by atoms with Crippen LogP contribution in [-0.4, -0.2) is 19.1 Å². The Bertz CT molecular complexity index is 421. The summed E-state index contributed by atoms with van der Waals surface area (Å²) in [5, 5.41) is 5.84. The number of hydrogen-bond donors (Lipinski definition) is 2. The zero-order valence-electron chi connectivity index (χ0n) is 9.01. The van der Waals surface area contributed by atoms with E-state index >= 15 is 0 Å². The van der Waals surface area contributed by atoms with Crippen molar-refractivity contribution >= 4 is 17.6 Å². The Morgan fingerprint density at radius 3 is 2.81 bits per heavy atom. The van der Waals surface area contributed by atoms with Gasteiger partial charge in [0.1, 0.15) is 0 Å². The van der Waals surface area contributed by atoms with Crippen LogP contribution in [0.3, 0.4) is 0 Å². The summed E-state index contributed by atoms with van der Waals surface area (Å²) >= 11 is 5.91. The van der Waals surface area contributed by atoms with Crippen LogP contribution >= 0.6 is 11.6 Å². The van der Waals surface area contributed by atoms with E-state index in [0.29, 0.717) is 18.1 Å². The molecule has 0 heterocycles. The zero-order valence-corrected chi connectivity index (χ0v) is 9.77. The Labute approximate surface area is 100 Å². The van der Waals surface area contributed by atoms with Gasteiger partial charge >= 0.3 is 6.03 Å². The molecular weight excluding hydrogens is 224 g/mol. The summed E-state index contributed by atoms with van der Waals surface area (Å²) in [4.78, 5) is 11.0. The van der Waals surface area contributed by atoms with E-state index in [1.165, 1.54) is 0 Å². The van der Waals surface area contributed by atoms with Gasteiger partial charge in [-0.05, 0) is 19.1 Å². The largest absolute Gasteiger partial charge is 0.338 e. The highest BCUT2D eigenvalue weighted by atomic mass is 35.5. The fraction of sp³-hybridized carbons (Fsp3) is 0.250. The molecule has 0 unspecified atom stereocenters. The minimum Gasteiger partial charge on any atom is -0.338 e. The second-order valence-corrected chi connectivity index (χ2v) is 3.40. The van der Waals surface area contributed by atoms with Gasteiger partial charge in [-0.1, -0.05) is 35.6 Å². The third-order valence-electron chi connectivity index (χ3n) is 1.77. The average molecular weight is 237 g/mol. The quantitative estimate of drug-likeness (QED) is 0.758. The lowest BCUT2D eigenvalue weighted by atomic mass is 10.2. The van der Waals surface area contributed by atoms with Crippen molar-refractivity contribution in [3.63, 3.8) is 0 Å². The van der Waals surface area contributed by atoms with Gasteiger partial charge in [0.05, 0.1) is 11.6 Å². The Balaban J connectivity index is 2.44. The monoisotopic (exact) mass is 236 g/mol. The van der Waals surface area contributed by atoms with Crippen molar-refractivity contribution in [3.8, 4) is 11.8 Å². The number of carbonyl (C=O) groups is 1. The molecule has 1 aromatic carbocycles. The fourth-order valence-electron chi connectivity index (χ4n) is 1.05. The van der Waals surface area contributed by atoms with Crippen molar-refractivity contribution in [1.82, 2.24) is 10.6 Å². The van der Waals surface area contributed by atoms with E-state index in [1.54, 1.807) is 6.07 Å². The van der Waals surface area contributed by atoms with E-state index in [9.17, 15) is 4.79 Å². The molecule has 0 saturated carbocycles. The molecule has 2 amide bonds. The molecule has 1 rings (SSSR count). The van der Waals surface area contributed by atoms with Gasteiger partial charge in [-0.3, -0.25) is 0 Å². The maximum absolute atomic E-state index is 11.0. The lowest BCUT2D eigenvalue weighted by Gasteiger charge is -2.00. The van der Waals surface area contributed by atoms with E-state index in [-0.39, 0.29) is 6.03 Å². The van der Waals surface area contributed by atoms with Gasteiger partial charge in [-0.25, -0.2) is 4.79 Å². The molecule has 0 saturated heterocycles. The number of nitrogens with one attached hydrogen (secondary N) is 2. The third-order valence-corrected chi connectivity index (χ3v) is 2.10. The molecule has 0 aliphatic rings. The van der Waals surface area contributed by atoms with Gasteiger partial charge < -0.3 is 10.6 Å². The first kappa shape index (κ1) is 12.4. The number of halogens is 1. The summed E-state index contributed by atoms with van der Waals surface area (Å²) in [6, 6.07) is 7.12. The molecule has 0 atom stereocenters. The first-order chi connectivity index (χ1) is 7.74. The molecule has 0 aliphatic heterocycles. The van der Waals surface area contributed by atoms with Crippen molar-refractivity contribution in [1.29, 1.82) is 0 Å². The van der Waals surface area contributed by atoms with Crippen LogP contribution < -0.4 is 10.6 Å². The predicted molar refractivity (Wildman–Crippen MR) is 65.4 cm³/mol. The van der Waals surface area contributed by atoms with Crippen molar-refractivity contribution in [2.75, 3.05) is 13.1 Å². The zero-order chi connectivity index (χ0) is 11.8. The van der Waals surface area contributed by atoms with Crippen LogP contribution in [0.25, 0.3) is 0 Å². The smallest absolute Gasteiger partial charge is 0.315 e. The predicted octanol–water partition coefficient (Wildman–Crippen LogP) is 2.01. The SMILES string of the molecule is CCNC(=O)NCC#Cc1ccccc1Cl. The van der Waals surface area contributed by atoms with Crippen molar-refractivity contribution in [2.24, 2.45) is 0 Å². The van der Waals surface area contributed by atoms with Crippen LogP contribution in [0.15, 0.2) is 24.3 Å². The maximum atomic E-state index is 11.0. The third kappa shape index (κ3) is 4.24. The molecule has 0 aliphatic carbocycles. The number of benzene rings is 1. The lowest BCUT2D eigenvalue weighted by Crippen LogP contribution is -2.35. The van der Waals surface area contributed by atoms with Gasteiger partial charge in [0.15, 0.2) is 0 Å². The first-order valence-corrected chi connectivity index (χ1v) is 5.37. The second kappa shape index (κ2) is 6.76. The normalized spacial score (nSPS) is 8.88. The summed E-state index contributed by atoms with van der Waals surface area (Å²) in [6.45, 7) is 2.76. The standard InChI is InChI=1S/C12H13ClN2O/c1-2-14-12(16)15-9-5-7-10-6-3-4-8-11(10)13/h3-4,6,8H,2,9H2,1H3,(H2,14,15,16). The molecule has 0 radical (unpaired) electrons. The molecule has 16 heavy (non-hydrogen) atoms. The van der Waals surface area contributed by atoms with Crippen LogP contribution in [0.2, 0.25) is 5.02 Å². The molecule has 0 spiro atoms. The average Bonchev–Trinajstić information content (AvgIpc) is 2.27. The highest BCUT2D eigenvalue weighted by molar-refractivity contribution is 6.31. The van der Waals surface area contributed by atoms with Gasteiger partial charge in [-0.15, -0.1) is 0 Å². The molecule has 0 aromatic heterocycles. The second-order valence-electron chi connectivity index (χ2n) is 2.99. The minimum absolute atomic E-state index is 0.212. The van der Waals surface area contributed by atoms with Gasteiger partial charge in [0.2, 0.25) is 0 Å². The van der Waals surface area contributed by atoms with Crippen LogP contribution in [0, 0.1) is 11.8 Å². The summed E-state index contributed by atoms with van der Waals surface area (Å²) in [5.41, 5.74) is 0.766. The summed E-state index contributed by atoms with van der Waals surface area (Å²) < 4.78 is 0. The fourth-order valence-corrected chi connectivity index (χ4v) is 1.23. The molecule has 2 N–H and O–H groups in total. The van der Waals surface area contributed by atoms with Gasteiger partial charge in [-0.2, -0.15) is 0 Å². The lowest BCUT2D eigenvalue weighted by molar-refractivity contribution is 0.242. The van der Waals surface area contributed by atoms with Crippen molar-refractivity contribution in [3.05, 3.63) is 34.9 Å². The summed E-state index contributed by atoms with van der Waals surface area (Å²) in [6.07, 6.45) is 0. The van der Waals surface area contributed by atoms with Gasteiger partial charge in [0, 0.05) is 12.1 Å². The Kier molecular flexibility index (Phi) is 5.24. The van der Waals surface area contributed by atoms with E-state index in [4.69, 9.17) is 11.6 Å². The molecule has 0 bridgehead atoms. The topological polar surface area (TPSA) is 41.1 Å². The number of hydrogen-bond acceptors (Lipinski definition) is 1. The Morgan fingerprint density at radius 1 is 1.38 bits per heavy atom. The number of carbonyl (C=O) groups excluding carboxylic acids is 1. The van der Waals surface area contributed by atoms with E-state index in [2.05, 4.69) is 22.5 Å². The molecule has 84 valence electrons.